The molecule has 0 aromatic heterocycles. The molecule has 0 amide bonds. The van der Waals surface area contributed by atoms with Gasteiger partial charge in [0.05, 0.1) is 23.5 Å². The Morgan fingerprint density at radius 1 is 0.545 bits per heavy atom. The molecule has 0 saturated heterocycles. The predicted octanol–water partition coefficient (Wildman–Crippen LogP) is 5.72. The van der Waals surface area contributed by atoms with E-state index in [4.69, 9.17) is 46.4 Å². The number of phenolic OH excluding ortho intramolecular Hbond substituents is 2. The molecule has 6 heteroatoms. The third-order valence-electron chi connectivity index (χ3n) is 3.44. The lowest BCUT2D eigenvalue weighted by Crippen LogP contribution is -1.93. The summed E-state index contributed by atoms with van der Waals surface area (Å²) < 4.78 is 0. The fourth-order valence-electron chi connectivity index (χ4n) is 2.26. The lowest BCUT2D eigenvalue weighted by Gasteiger charge is -2.13. The van der Waals surface area contributed by atoms with Crippen LogP contribution in [0.2, 0.25) is 0 Å². The highest BCUT2D eigenvalue weighted by molar-refractivity contribution is 6.19. The maximum absolute atomic E-state index is 10.1. The van der Waals surface area contributed by atoms with Crippen LogP contribution in [0.5, 0.6) is 11.5 Å². The molecule has 2 rings (SSSR count). The minimum absolute atomic E-state index is 0.114. The first-order valence-corrected chi connectivity index (χ1v) is 8.63. The highest BCUT2D eigenvalue weighted by Gasteiger charge is 2.14. The molecule has 0 saturated carbocycles. The smallest absolute Gasteiger partial charge is 0.124 e. The van der Waals surface area contributed by atoms with Gasteiger partial charge in [0.25, 0.3) is 0 Å². The van der Waals surface area contributed by atoms with Gasteiger partial charge in [-0.1, -0.05) is 0 Å². The van der Waals surface area contributed by atoms with Crippen molar-refractivity contribution in [3.8, 4) is 22.6 Å². The first-order valence-electron chi connectivity index (χ1n) is 6.49. The summed E-state index contributed by atoms with van der Waals surface area (Å²) in [5.41, 5.74) is 4.07. The fraction of sp³-hybridized carbons (Fsp3) is 0.250. The highest BCUT2D eigenvalue weighted by atomic mass is 35.5. The van der Waals surface area contributed by atoms with Gasteiger partial charge in [0.1, 0.15) is 11.5 Å². The number of rotatable bonds is 5. The maximum Gasteiger partial charge on any atom is 0.124 e. The number of halogens is 4. The van der Waals surface area contributed by atoms with Crippen LogP contribution in [0.1, 0.15) is 22.3 Å². The van der Waals surface area contributed by atoms with E-state index in [1.807, 2.05) is 0 Å². The van der Waals surface area contributed by atoms with Gasteiger partial charge in [-0.2, -0.15) is 0 Å². The molecule has 0 heterocycles. The van der Waals surface area contributed by atoms with Crippen molar-refractivity contribution >= 4 is 46.4 Å². The lowest BCUT2D eigenvalue weighted by atomic mass is 9.96. The van der Waals surface area contributed by atoms with Gasteiger partial charge in [0.15, 0.2) is 0 Å². The van der Waals surface area contributed by atoms with Crippen LogP contribution in [0.3, 0.4) is 0 Å². The van der Waals surface area contributed by atoms with E-state index in [9.17, 15) is 10.2 Å². The van der Waals surface area contributed by atoms with Crippen molar-refractivity contribution < 1.29 is 10.2 Å². The average Bonchev–Trinajstić information content (AvgIpc) is 2.55. The third-order valence-corrected chi connectivity index (χ3v) is 4.60. The zero-order valence-electron chi connectivity index (χ0n) is 11.5. The van der Waals surface area contributed by atoms with Crippen molar-refractivity contribution in [1.82, 2.24) is 0 Å². The van der Waals surface area contributed by atoms with Crippen LogP contribution in [0.25, 0.3) is 11.1 Å². The molecule has 22 heavy (non-hydrogen) atoms. The molecule has 0 unspecified atom stereocenters. The summed E-state index contributed by atoms with van der Waals surface area (Å²) in [7, 11) is 0. The van der Waals surface area contributed by atoms with E-state index in [2.05, 4.69) is 0 Å². The van der Waals surface area contributed by atoms with E-state index in [0.29, 0.717) is 22.3 Å². The van der Waals surface area contributed by atoms with Crippen LogP contribution in [-0.4, -0.2) is 10.2 Å². The minimum atomic E-state index is 0.114. The summed E-state index contributed by atoms with van der Waals surface area (Å²) in [5.74, 6) is 0.919. The maximum atomic E-state index is 10.1. The Labute approximate surface area is 149 Å². The third kappa shape index (κ3) is 3.41. The molecule has 118 valence electrons. The van der Waals surface area contributed by atoms with Gasteiger partial charge >= 0.3 is 0 Å². The Morgan fingerprint density at radius 2 is 0.773 bits per heavy atom. The Hall–Kier alpha value is -0.800. The Bertz CT molecular complexity index is 576. The van der Waals surface area contributed by atoms with Crippen LogP contribution in [-0.2, 0) is 23.5 Å². The standard InChI is InChI=1S/C16H14Cl4O2/c17-5-11-1-9(2-12(6-18)15(11)21)10-3-13(7-19)16(22)14(4-10)8-20/h1-4,21-22H,5-8H2. The molecule has 2 N–H and O–H groups in total. The Morgan fingerprint density at radius 3 is 0.955 bits per heavy atom. The molecular formula is C16H14Cl4O2. The largest absolute Gasteiger partial charge is 0.507 e. The van der Waals surface area contributed by atoms with Crippen molar-refractivity contribution in [2.45, 2.75) is 23.5 Å². The van der Waals surface area contributed by atoms with Gasteiger partial charge in [-0.15, -0.1) is 46.4 Å². The van der Waals surface area contributed by atoms with Gasteiger partial charge in [0.2, 0.25) is 0 Å². The summed E-state index contributed by atoms with van der Waals surface area (Å²) in [6.07, 6.45) is 0. The first-order chi connectivity index (χ1) is 10.5. The van der Waals surface area contributed by atoms with Crippen LogP contribution >= 0.6 is 46.4 Å². The van der Waals surface area contributed by atoms with Crippen molar-refractivity contribution in [3.05, 3.63) is 46.5 Å². The van der Waals surface area contributed by atoms with E-state index in [0.717, 1.165) is 11.1 Å². The van der Waals surface area contributed by atoms with E-state index < -0.39 is 0 Å². The van der Waals surface area contributed by atoms with Crippen molar-refractivity contribution in [2.24, 2.45) is 0 Å². The predicted molar refractivity (Wildman–Crippen MR) is 93.4 cm³/mol. The number of phenols is 2. The SMILES string of the molecule is Oc1c(CCl)cc(-c2cc(CCl)c(O)c(CCl)c2)cc1CCl. The van der Waals surface area contributed by atoms with Gasteiger partial charge < -0.3 is 10.2 Å². The van der Waals surface area contributed by atoms with Crippen LogP contribution in [0.15, 0.2) is 24.3 Å². The molecule has 2 aromatic carbocycles. The molecule has 0 spiro atoms. The molecule has 0 bridgehead atoms. The summed E-state index contributed by atoms with van der Waals surface area (Å²) in [5, 5.41) is 20.1. The van der Waals surface area contributed by atoms with E-state index in [1.54, 1.807) is 24.3 Å². The van der Waals surface area contributed by atoms with Crippen molar-refractivity contribution in [2.75, 3.05) is 0 Å². The van der Waals surface area contributed by atoms with E-state index >= 15 is 0 Å². The Kier molecular flexibility index (Phi) is 6.10. The van der Waals surface area contributed by atoms with Gasteiger partial charge in [-0.3, -0.25) is 0 Å². The van der Waals surface area contributed by atoms with E-state index in [-0.39, 0.29) is 35.0 Å². The highest BCUT2D eigenvalue weighted by Crippen LogP contribution is 2.36. The topological polar surface area (TPSA) is 40.5 Å². The molecule has 0 atom stereocenters. The second-order valence-corrected chi connectivity index (χ2v) is 5.89. The molecule has 0 fully saturated rings. The van der Waals surface area contributed by atoms with Crippen LogP contribution in [0.4, 0.5) is 0 Å². The lowest BCUT2D eigenvalue weighted by molar-refractivity contribution is 0.465. The Balaban J connectivity index is 2.65. The first kappa shape index (κ1) is 17.6. The normalized spacial score (nSPS) is 10.9. The zero-order chi connectivity index (χ0) is 16.3. The minimum Gasteiger partial charge on any atom is -0.507 e. The molecule has 0 aliphatic rings. The average molecular weight is 380 g/mol. The zero-order valence-corrected chi connectivity index (χ0v) is 14.6. The second kappa shape index (κ2) is 7.65. The molecular weight excluding hydrogens is 366 g/mol. The van der Waals surface area contributed by atoms with E-state index in [1.165, 1.54) is 0 Å². The molecule has 2 aromatic rings. The fourth-order valence-corrected chi connectivity index (χ4v) is 3.08. The molecule has 0 radical (unpaired) electrons. The molecule has 0 aliphatic heterocycles. The summed E-state index contributed by atoms with van der Waals surface area (Å²) >= 11 is 23.5. The summed E-state index contributed by atoms with van der Waals surface area (Å²) in [6, 6.07) is 7.17. The van der Waals surface area contributed by atoms with Gasteiger partial charge in [-0.25, -0.2) is 0 Å². The second-order valence-electron chi connectivity index (χ2n) is 4.82. The monoisotopic (exact) mass is 378 g/mol. The molecule has 2 nitrogen and oxygen atoms in total. The quantitative estimate of drug-likeness (QED) is 0.652. The molecule has 0 aliphatic carbocycles. The van der Waals surface area contributed by atoms with Crippen molar-refractivity contribution in [1.29, 1.82) is 0 Å². The van der Waals surface area contributed by atoms with Gasteiger partial charge in [-0.05, 0) is 35.4 Å². The number of hydrogen-bond acceptors (Lipinski definition) is 2. The number of aromatic hydroxyl groups is 2. The summed E-state index contributed by atoms with van der Waals surface area (Å²) in [6.45, 7) is 0. The van der Waals surface area contributed by atoms with Crippen LogP contribution in [0, 0.1) is 0 Å². The summed E-state index contributed by atoms with van der Waals surface area (Å²) in [4.78, 5) is 0. The van der Waals surface area contributed by atoms with Gasteiger partial charge in [0, 0.05) is 22.3 Å². The van der Waals surface area contributed by atoms with Crippen LogP contribution < -0.4 is 0 Å². The number of hydrogen-bond donors (Lipinski definition) is 2. The number of benzene rings is 2. The number of alkyl halides is 4. The van der Waals surface area contributed by atoms with Crippen molar-refractivity contribution in [3.63, 3.8) is 0 Å².